The predicted molar refractivity (Wildman–Crippen MR) is 118 cm³/mol. The van der Waals surface area contributed by atoms with Crippen LogP contribution in [0.2, 0.25) is 0 Å². The molecule has 1 fully saturated rings. The van der Waals surface area contributed by atoms with E-state index in [1.165, 1.54) is 5.56 Å². The van der Waals surface area contributed by atoms with E-state index in [9.17, 15) is 9.59 Å². The van der Waals surface area contributed by atoms with Crippen molar-refractivity contribution in [3.05, 3.63) is 65.7 Å². The number of halogens is 1. The molecule has 3 N–H and O–H groups in total. The first kappa shape index (κ1) is 22.7. The van der Waals surface area contributed by atoms with Gasteiger partial charge in [-0.1, -0.05) is 49.4 Å². The fraction of sp³-hybridized carbons (Fsp3) is 0.364. The van der Waals surface area contributed by atoms with E-state index in [4.69, 9.17) is 0 Å². The van der Waals surface area contributed by atoms with Gasteiger partial charge in [-0.15, -0.1) is 12.4 Å². The van der Waals surface area contributed by atoms with E-state index in [-0.39, 0.29) is 30.4 Å². The highest BCUT2D eigenvalue weighted by atomic mass is 35.5. The van der Waals surface area contributed by atoms with Gasteiger partial charge in [0.05, 0.1) is 6.04 Å². The number of para-hydroxylation sites is 1. The molecule has 0 aromatic heterocycles. The molecule has 1 heterocycles. The highest BCUT2D eigenvalue weighted by molar-refractivity contribution is 5.93. The van der Waals surface area contributed by atoms with E-state index < -0.39 is 6.04 Å². The molecule has 3 rings (SSSR count). The lowest BCUT2D eigenvalue weighted by atomic mass is 10.00. The van der Waals surface area contributed by atoms with Crippen molar-refractivity contribution in [2.45, 2.75) is 32.4 Å². The van der Waals surface area contributed by atoms with Crippen LogP contribution in [-0.2, 0) is 11.2 Å². The van der Waals surface area contributed by atoms with E-state index in [1.54, 1.807) is 19.1 Å². The molecular weight excluding hydrogens is 388 g/mol. The molecule has 2 aromatic carbocycles. The third kappa shape index (κ3) is 5.95. The Labute approximate surface area is 178 Å². The van der Waals surface area contributed by atoms with Crippen molar-refractivity contribution in [3.8, 4) is 0 Å². The summed E-state index contributed by atoms with van der Waals surface area (Å²) in [5, 5.41) is 8.87. The Morgan fingerprint density at radius 3 is 2.48 bits per heavy atom. The van der Waals surface area contributed by atoms with Crippen molar-refractivity contribution in [2.24, 2.45) is 0 Å². The molecule has 0 aliphatic carbocycles. The largest absolute Gasteiger partial charge is 0.331 e. The van der Waals surface area contributed by atoms with Gasteiger partial charge in [-0.25, -0.2) is 4.79 Å². The van der Waals surface area contributed by atoms with Crippen LogP contribution >= 0.6 is 12.4 Å². The van der Waals surface area contributed by atoms with E-state index in [0.29, 0.717) is 18.8 Å². The van der Waals surface area contributed by atoms with Crippen molar-refractivity contribution < 1.29 is 9.59 Å². The molecule has 156 valence electrons. The smallest absolute Gasteiger partial charge is 0.319 e. The van der Waals surface area contributed by atoms with Crippen LogP contribution in [0, 0.1) is 0 Å². The molecule has 0 bridgehead atoms. The maximum absolute atomic E-state index is 13.0. The zero-order valence-corrected chi connectivity index (χ0v) is 17.7. The fourth-order valence-electron chi connectivity index (χ4n) is 3.44. The lowest BCUT2D eigenvalue weighted by Gasteiger charge is -2.38. The van der Waals surface area contributed by atoms with Crippen LogP contribution < -0.4 is 16.0 Å². The second-order valence-corrected chi connectivity index (χ2v) is 7.03. The molecule has 1 aliphatic heterocycles. The number of piperazine rings is 1. The average Bonchev–Trinajstić information content (AvgIpc) is 2.74. The number of rotatable bonds is 5. The molecular formula is C22H29ClN4O2. The summed E-state index contributed by atoms with van der Waals surface area (Å²) in [7, 11) is 0. The summed E-state index contributed by atoms with van der Waals surface area (Å²) < 4.78 is 0. The van der Waals surface area contributed by atoms with Crippen LogP contribution in [0.15, 0.2) is 54.6 Å². The number of carbonyl (C=O) groups excluding carboxylic acids is 2. The monoisotopic (exact) mass is 416 g/mol. The van der Waals surface area contributed by atoms with Crippen molar-refractivity contribution in [3.63, 3.8) is 0 Å². The molecule has 7 heteroatoms. The number of aryl methyl sites for hydroxylation is 1. The molecule has 2 atom stereocenters. The molecule has 29 heavy (non-hydrogen) atoms. The number of urea groups is 1. The normalized spacial score (nSPS) is 17.0. The molecule has 2 unspecified atom stereocenters. The van der Waals surface area contributed by atoms with E-state index >= 15 is 0 Å². The summed E-state index contributed by atoms with van der Waals surface area (Å²) in [6.45, 7) is 5.93. The highest BCUT2D eigenvalue weighted by Gasteiger charge is 2.31. The number of carbonyl (C=O) groups is 2. The van der Waals surface area contributed by atoms with E-state index in [1.807, 2.05) is 23.1 Å². The summed E-state index contributed by atoms with van der Waals surface area (Å²) in [5.41, 5.74) is 3.08. The van der Waals surface area contributed by atoms with Gasteiger partial charge in [0.15, 0.2) is 0 Å². The van der Waals surface area contributed by atoms with Crippen LogP contribution in [0.3, 0.4) is 0 Å². The summed E-state index contributed by atoms with van der Waals surface area (Å²) >= 11 is 0. The number of benzene rings is 2. The highest BCUT2D eigenvalue weighted by Crippen LogP contribution is 2.23. The standard InChI is InChI=1S/C22H28N4O2.ClH/c1-3-17-9-11-18(12-10-17)20-15-23-13-14-26(20)21(27)16(2)24-22(28)25-19-7-5-4-6-8-19;/h4-12,16,20,23H,3,13-15H2,1-2H3,(H2,24,25,28);1H. The van der Waals surface area contributed by atoms with Gasteiger partial charge in [0, 0.05) is 25.3 Å². The first-order chi connectivity index (χ1) is 13.6. The van der Waals surface area contributed by atoms with Gasteiger partial charge in [0.25, 0.3) is 0 Å². The minimum Gasteiger partial charge on any atom is -0.331 e. The minimum absolute atomic E-state index is 0. The molecule has 2 aromatic rings. The van der Waals surface area contributed by atoms with E-state index in [0.717, 1.165) is 18.5 Å². The molecule has 1 saturated heterocycles. The molecule has 0 saturated carbocycles. The van der Waals surface area contributed by atoms with Crippen LogP contribution in [-0.4, -0.2) is 42.5 Å². The number of nitrogens with one attached hydrogen (secondary N) is 3. The number of hydrogen-bond acceptors (Lipinski definition) is 3. The number of hydrogen-bond donors (Lipinski definition) is 3. The van der Waals surface area contributed by atoms with Gasteiger partial charge in [0.2, 0.25) is 5.91 Å². The number of nitrogens with zero attached hydrogens (tertiary/aromatic N) is 1. The maximum atomic E-state index is 13.0. The first-order valence-corrected chi connectivity index (χ1v) is 9.81. The molecule has 3 amide bonds. The Balaban J connectivity index is 0.00000300. The van der Waals surface area contributed by atoms with Crippen LogP contribution in [0.5, 0.6) is 0 Å². The van der Waals surface area contributed by atoms with Crippen molar-refractivity contribution in [2.75, 3.05) is 25.0 Å². The maximum Gasteiger partial charge on any atom is 0.319 e. The van der Waals surface area contributed by atoms with Crippen molar-refractivity contribution >= 4 is 30.0 Å². The Kier molecular flexibility index (Phi) is 8.49. The van der Waals surface area contributed by atoms with Gasteiger partial charge in [-0.05, 0) is 36.6 Å². The lowest BCUT2D eigenvalue weighted by Crippen LogP contribution is -2.54. The zero-order valence-electron chi connectivity index (χ0n) is 16.9. The minimum atomic E-state index is -0.612. The van der Waals surface area contributed by atoms with Gasteiger partial charge in [0.1, 0.15) is 6.04 Å². The summed E-state index contributed by atoms with van der Waals surface area (Å²) in [6.07, 6.45) is 0.989. The number of anilines is 1. The van der Waals surface area contributed by atoms with Gasteiger partial charge in [-0.2, -0.15) is 0 Å². The molecule has 6 nitrogen and oxygen atoms in total. The Morgan fingerprint density at radius 1 is 1.14 bits per heavy atom. The Hall–Kier alpha value is -2.57. The number of amides is 3. The molecule has 1 aliphatic rings. The SMILES string of the molecule is CCc1ccc(C2CNCCN2C(=O)C(C)NC(=O)Nc2ccccc2)cc1.Cl. The quantitative estimate of drug-likeness (QED) is 0.699. The molecule has 0 radical (unpaired) electrons. The summed E-state index contributed by atoms with van der Waals surface area (Å²) in [5.74, 6) is -0.0747. The topological polar surface area (TPSA) is 73.5 Å². The Morgan fingerprint density at radius 2 is 1.83 bits per heavy atom. The first-order valence-electron chi connectivity index (χ1n) is 9.81. The average molecular weight is 417 g/mol. The predicted octanol–water partition coefficient (Wildman–Crippen LogP) is 3.35. The molecule has 0 spiro atoms. The van der Waals surface area contributed by atoms with Gasteiger partial charge < -0.3 is 20.9 Å². The second kappa shape index (κ2) is 10.8. The van der Waals surface area contributed by atoms with Crippen LogP contribution in [0.4, 0.5) is 10.5 Å². The Bertz CT molecular complexity index is 798. The van der Waals surface area contributed by atoms with Crippen LogP contribution in [0.25, 0.3) is 0 Å². The van der Waals surface area contributed by atoms with Gasteiger partial charge in [-0.3, -0.25) is 4.79 Å². The zero-order chi connectivity index (χ0) is 19.9. The summed E-state index contributed by atoms with van der Waals surface area (Å²) in [6, 6.07) is 16.6. The van der Waals surface area contributed by atoms with E-state index in [2.05, 4.69) is 47.1 Å². The second-order valence-electron chi connectivity index (χ2n) is 7.03. The third-order valence-electron chi connectivity index (χ3n) is 5.05. The van der Waals surface area contributed by atoms with Crippen LogP contribution in [0.1, 0.15) is 31.0 Å². The van der Waals surface area contributed by atoms with Crippen molar-refractivity contribution in [1.82, 2.24) is 15.5 Å². The van der Waals surface area contributed by atoms with Crippen molar-refractivity contribution in [1.29, 1.82) is 0 Å². The fourth-order valence-corrected chi connectivity index (χ4v) is 3.44. The van der Waals surface area contributed by atoms with Gasteiger partial charge >= 0.3 is 6.03 Å². The summed E-state index contributed by atoms with van der Waals surface area (Å²) in [4.78, 5) is 27.1. The lowest BCUT2D eigenvalue weighted by molar-refractivity contribution is -0.136. The third-order valence-corrected chi connectivity index (χ3v) is 5.05.